The molecule has 5 rings (SSSR count). The number of benzene rings is 2. The lowest BCUT2D eigenvalue weighted by Gasteiger charge is -2.33. The Morgan fingerprint density at radius 1 is 1.09 bits per heavy atom. The van der Waals surface area contributed by atoms with Crippen LogP contribution in [-0.2, 0) is 0 Å². The van der Waals surface area contributed by atoms with Crippen LogP contribution in [0.2, 0.25) is 5.02 Å². The third kappa shape index (κ3) is 5.20. The average Bonchev–Trinajstić information content (AvgIpc) is 3.46. The minimum Gasteiger partial charge on any atom is -0.497 e. The maximum atomic E-state index is 12.8. The van der Waals surface area contributed by atoms with E-state index >= 15 is 0 Å². The first kappa shape index (κ1) is 22.3. The second kappa shape index (κ2) is 9.78. The molecule has 0 spiro atoms. The van der Waals surface area contributed by atoms with Crippen LogP contribution >= 0.6 is 11.6 Å². The molecule has 2 aliphatic rings. The van der Waals surface area contributed by atoms with E-state index in [1.54, 1.807) is 7.11 Å². The van der Waals surface area contributed by atoms with Crippen LogP contribution in [0.4, 0.5) is 0 Å². The van der Waals surface area contributed by atoms with Crippen LogP contribution < -0.4 is 10.1 Å². The Morgan fingerprint density at radius 2 is 1.88 bits per heavy atom. The Hall–Kier alpha value is -2.50. The molecular weight excluding hydrogens is 434 g/mol. The number of methoxy groups -OCH3 is 1. The number of rotatable bonds is 6. The number of fused-ring (bicyclic) bond motifs is 1. The number of aromatic amines is 1. The second-order valence-electron chi connectivity index (χ2n) is 9.61. The van der Waals surface area contributed by atoms with E-state index in [1.807, 2.05) is 24.3 Å². The number of piperidine rings is 1. The Kier molecular flexibility index (Phi) is 6.61. The molecule has 1 saturated carbocycles. The van der Waals surface area contributed by atoms with E-state index in [2.05, 4.69) is 39.5 Å². The van der Waals surface area contributed by atoms with E-state index in [0.29, 0.717) is 22.6 Å². The average molecular weight is 466 g/mol. The smallest absolute Gasteiger partial charge is 0.267 e. The van der Waals surface area contributed by atoms with Crippen molar-refractivity contribution in [2.24, 2.45) is 5.92 Å². The summed E-state index contributed by atoms with van der Waals surface area (Å²) in [6.45, 7) is 3.45. The van der Waals surface area contributed by atoms with Crippen molar-refractivity contribution in [1.29, 1.82) is 0 Å². The molecule has 174 valence electrons. The maximum absolute atomic E-state index is 12.8. The number of ether oxygens (including phenoxy) is 1. The van der Waals surface area contributed by atoms with Crippen molar-refractivity contribution >= 4 is 28.4 Å². The summed E-state index contributed by atoms with van der Waals surface area (Å²) >= 11 is 6.07. The Morgan fingerprint density at radius 3 is 2.64 bits per heavy atom. The molecule has 1 aliphatic carbocycles. The van der Waals surface area contributed by atoms with E-state index in [-0.39, 0.29) is 11.9 Å². The third-order valence-electron chi connectivity index (χ3n) is 7.40. The van der Waals surface area contributed by atoms with E-state index in [0.717, 1.165) is 49.1 Å². The summed E-state index contributed by atoms with van der Waals surface area (Å²) in [5.74, 6) is 2.21. The highest BCUT2D eigenvalue weighted by Gasteiger charge is 2.29. The van der Waals surface area contributed by atoms with Gasteiger partial charge in [0.15, 0.2) is 0 Å². The largest absolute Gasteiger partial charge is 0.497 e. The topological polar surface area (TPSA) is 57.4 Å². The molecule has 33 heavy (non-hydrogen) atoms. The number of likely N-dealkylation sites (tertiary alicyclic amines) is 1. The van der Waals surface area contributed by atoms with Gasteiger partial charge in [0.2, 0.25) is 0 Å². The van der Waals surface area contributed by atoms with Crippen molar-refractivity contribution in [1.82, 2.24) is 15.2 Å². The number of aromatic nitrogens is 1. The van der Waals surface area contributed by atoms with Gasteiger partial charge in [-0.25, -0.2) is 0 Å². The summed E-state index contributed by atoms with van der Waals surface area (Å²) in [6.07, 6.45) is 5.74. The van der Waals surface area contributed by atoms with Gasteiger partial charge >= 0.3 is 0 Å². The summed E-state index contributed by atoms with van der Waals surface area (Å²) in [7, 11) is 1.71. The quantitative estimate of drug-likeness (QED) is 0.497. The molecule has 2 N–H and O–H groups in total. The predicted molar refractivity (Wildman–Crippen MR) is 133 cm³/mol. The fourth-order valence-corrected chi connectivity index (χ4v) is 5.73. The molecule has 1 saturated heterocycles. The normalized spacial score (nSPS) is 22.0. The van der Waals surface area contributed by atoms with Crippen LogP contribution in [0.1, 0.15) is 54.1 Å². The van der Waals surface area contributed by atoms with Gasteiger partial charge in [-0.15, -0.1) is 0 Å². The molecule has 2 heterocycles. The summed E-state index contributed by atoms with van der Waals surface area (Å²) in [5.41, 5.74) is 2.97. The van der Waals surface area contributed by atoms with Crippen molar-refractivity contribution in [3.05, 3.63) is 64.8 Å². The van der Waals surface area contributed by atoms with Gasteiger partial charge in [0, 0.05) is 28.5 Å². The fourth-order valence-electron chi connectivity index (χ4n) is 5.55. The highest BCUT2D eigenvalue weighted by atomic mass is 35.5. The standard InChI is InChI=1S/C27H32ClN3O2/c1-33-24-7-3-19(4-8-24)20-10-12-31(13-11-20)17-18-2-6-23(14-18)29-27(32)26-16-21-15-22(28)5-9-25(21)30-26/h3-5,7-9,15-16,18,20,23,30H,2,6,10-14,17H2,1H3,(H,29,32)/t18-,23+/m0/s1. The molecule has 0 unspecified atom stereocenters. The molecular formula is C27H32ClN3O2. The summed E-state index contributed by atoms with van der Waals surface area (Å²) in [4.78, 5) is 18.6. The zero-order valence-corrected chi connectivity index (χ0v) is 19.9. The highest BCUT2D eigenvalue weighted by Crippen LogP contribution is 2.32. The molecule has 3 aromatic rings. The zero-order chi connectivity index (χ0) is 22.8. The van der Waals surface area contributed by atoms with Gasteiger partial charge in [-0.2, -0.15) is 0 Å². The number of hydrogen-bond donors (Lipinski definition) is 2. The van der Waals surface area contributed by atoms with Gasteiger partial charge in [-0.3, -0.25) is 4.79 Å². The second-order valence-corrected chi connectivity index (χ2v) is 10.0. The van der Waals surface area contributed by atoms with E-state index in [9.17, 15) is 4.79 Å². The number of nitrogens with zero attached hydrogens (tertiary/aromatic N) is 1. The number of carbonyl (C=O) groups excluding carboxylic acids is 1. The van der Waals surface area contributed by atoms with Crippen LogP contribution in [0, 0.1) is 5.92 Å². The first-order valence-electron chi connectivity index (χ1n) is 12.0. The number of hydrogen-bond acceptors (Lipinski definition) is 3. The molecule has 2 atom stereocenters. The Balaban J connectivity index is 1.08. The Bertz CT molecular complexity index is 1100. The first-order valence-corrected chi connectivity index (χ1v) is 12.4. The van der Waals surface area contributed by atoms with Gasteiger partial charge in [-0.1, -0.05) is 23.7 Å². The summed E-state index contributed by atoms with van der Waals surface area (Å²) < 4.78 is 5.28. The van der Waals surface area contributed by atoms with Crippen molar-refractivity contribution in [2.45, 2.75) is 44.1 Å². The number of halogens is 1. The fraction of sp³-hybridized carbons (Fsp3) is 0.444. The van der Waals surface area contributed by atoms with Gasteiger partial charge in [-0.05, 0) is 99.0 Å². The van der Waals surface area contributed by atoms with Crippen LogP contribution in [0.15, 0.2) is 48.5 Å². The van der Waals surface area contributed by atoms with Crippen molar-refractivity contribution in [2.75, 3.05) is 26.7 Å². The minimum atomic E-state index is -0.0201. The predicted octanol–water partition coefficient (Wildman–Crippen LogP) is 5.61. The first-order chi connectivity index (χ1) is 16.1. The number of carbonyl (C=O) groups is 1. The molecule has 5 nitrogen and oxygen atoms in total. The lowest BCUT2D eigenvalue weighted by atomic mass is 9.89. The molecule has 2 fully saturated rings. The Labute approximate surface area is 200 Å². The lowest BCUT2D eigenvalue weighted by Crippen LogP contribution is -2.37. The van der Waals surface area contributed by atoms with Crippen LogP contribution in [0.5, 0.6) is 5.75 Å². The molecule has 1 aliphatic heterocycles. The summed E-state index contributed by atoms with van der Waals surface area (Å²) in [5, 5.41) is 4.89. The molecule has 6 heteroatoms. The molecule has 0 radical (unpaired) electrons. The van der Waals surface area contributed by atoms with Crippen LogP contribution in [0.3, 0.4) is 0 Å². The van der Waals surface area contributed by atoms with Gasteiger partial charge in [0.25, 0.3) is 5.91 Å². The van der Waals surface area contributed by atoms with Crippen molar-refractivity contribution in [3.8, 4) is 5.75 Å². The molecule has 0 bridgehead atoms. The molecule has 2 aromatic carbocycles. The number of H-pyrrole nitrogens is 1. The van der Waals surface area contributed by atoms with Crippen molar-refractivity contribution in [3.63, 3.8) is 0 Å². The van der Waals surface area contributed by atoms with Crippen LogP contribution in [-0.4, -0.2) is 48.6 Å². The zero-order valence-electron chi connectivity index (χ0n) is 19.1. The lowest BCUT2D eigenvalue weighted by molar-refractivity contribution is 0.0932. The van der Waals surface area contributed by atoms with Gasteiger partial charge in [0.05, 0.1) is 7.11 Å². The number of amides is 1. The van der Waals surface area contributed by atoms with E-state index in [1.165, 1.54) is 24.8 Å². The third-order valence-corrected chi connectivity index (χ3v) is 7.63. The van der Waals surface area contributed by atoms with Gasteiger partial charge in [0.1, 0.15) is 11.4 Å². The van der Waals surface area contributed by atoms with E-state index in [4.69, 9.17) is 16.3 Å². The monoisotopic (exact) mass is 465 g/mol. The molecule has 1 aromatic heterocycles. The van der Waals surface area contributed by atoms with Crippen molar-refractivity contribution < 1.29 is 9.53 Å². The maximum Gasteiger partial charge on any atom is 0.267 e. The SMILES string of the molecule is COc1ccc(C2CCN(C[C@H]3CC[C@@H](NC(=O)c4cc5cc(Cl)ccc5[nH]4)C3)CC2)cc1. The van der Waals surface area contributed by atoms with Crippen LogP contribution in [0.25, 0.3) is 10.9 Å². The molecule has 1 amide bonds. The number of nitrogens with one attached hydrogen (secondary N) is 2. The highest BCUT2D eigenvalue weighted by molar-refractivity contribution is 6.31. The summed E-state index contributed by atoms with van der Waals surface area (Å²) in [6, 6.07) is 16.3. The minimum absolute atomic E-state index is 0.0201. The van der Waals surface area contributed by atoms with E-state index < -0.39 is 0 Å². The van der Waals surface area contributed by atoms with Gasteiger partial charge < -0.3 is 19.9 Å².